The lowest BCUT2D eigenvalue weighted by atomic mass is 9.96. The quantitative estimate of drug-likeness (QED) is 0.181. The van der Waals surface area contributed by atoms with Crippen LogP contribution in [-0.4, -0.2) is 14.5 Å². The molecule has 50 heavy (non-hydrogen) atoms. The van der Waals surface area contributed by atoms with Crippen LogP contribution in [0.25, 0.3) is 92.4 Å². The average Bonchev–Trinajstić information content (AvgIpc) is 3.95. The van der Waals surface area contributed by atoms with Crippen LogP contribution < -0.4 is 0 Å². The summed E-state index contributed by atoms with van der Waals surface area (Å²) in [5.41, 5.74) is -4.38. The van der Waals surface area contributed by atoms with E-state index in [0.29, 0.717) is 10.1 Å². The molecule has 0 fully saturated rings. The molecule has 3 heterocycles. The maximum Gasteiger partial charge on any atom is 0.116 e. The van der Waals surface area contributed by atoms with Gasteiger partial charge in [-0.3, -0.25) is 0 Å². The Balaban J connectivity index is 1.20. The second-order valence-corrected chi connectivity index (χ2v) is 11.8. The van der Waals surface area contributed by atoms with Crippen LogP contribution in [-0.2, 0) is 0 Å². The van der Waals surface area contributed by atoms with Gasteiger partial charge in [0.25, 0.3) is 0 Å². The number of benzene rings is 7. The smallest absolute Gasteiger partial charge is 0.116 e. The van der Waals surface area contributed by atoms with Crippen molar-refractivity contribution in [1.82, 2.24) is 14.5 Å². The molecule has 0 amide bonds. The molecule has 0 N–H and O–H groups in total. The highest BCUT2D eigenvalue weighted by atomic mass is 32.1. The number of hydrogen-bond donors (Lipinski definition) is 0. The van der Waals surface area contributed by atoms with Crippen molar-refractivity contribution in [2.75, 3.05) is 0 Å². The predicted molar refractivity (Wildman–Crippen MR) is 211 cm³/mol. The lowest BCUT2D eigenvalue weighted by Gasteiger charge is -2.10. The van der Waals surface area contributed by atoms with E-state index in [0.717, 1.165) is 22.2 Å². The fourth-order valence-electron chi connectivity index (χ4n) is 5.67. The van der Waals surface area contributed by atoms with Crippen LogP contribution in [0, 0.1) is 0 Å². The van der Waals surface area contributed by atoms with Crippen molar-refractivity contribution in [3.8, 4) is 50.3 Å². The molecule has 4 heteroatoms. The summed E-state index contributed by atoms with van der Waals surface area (Å²) in [4.78, 5) is 8.90. The zero-order valence-corrected chi connectivity index (χ0v) is 25.9. The van der Waals surface area contributed by atoms with Crippen molar-refractivity contribution in [3.63, 3.8) is 0 Å². The van der Waals surface area contributed by atoms with Crippen molar-refractivity contribution in [2.45, 2.75) is 0 Å². The Morgan fingerprint density at radius 3 is 1.84 bits per heavy atom. The third kappa shape index (κ3) is 4.73. The Hall–Kier alpha value is -6.36. The molecule has 0 aliphatic heterocycles. The molecular formula is C46H29N3S. The molecule has 0 bridgehead atoms. The molecule has 234 valence electrons. The van der Waals surface area contributed by atoms with Crippen LogP contribution >= 0.6 is 11.3 Å². The SMILES string of the molecule is [2H]c1c([2H])c([2H])c(-c2c([2H])c([2H])c(-c3c([2H])c([2H])c([2H])c(-c4ccc5sc6c(-c7c([2H])c([2H])c([2H])c(-n8c9c([2H])c([2H])c([2H])c([2H])c9c9c([2H])c([2H])c([2H])c([2H])c98)c7[2H])ncnc6c5c4)c3[2H])c([2H])c2[2H])c([2H])c1[2H]. The van der Waals surface area contributed by atoms with E-state index in [9.17, 15) is 2.74 Å². The second-order valence-electron chi connectivity index (χ2n) is 10.7. The Bertz CT molecular complexity index is 4180. The van der Waals surface area contributed by atoms with E-state index >= 15 is 0 Å². The molecule has 10 aromatic rings. The van der Waals surface area contributed by atoms with Crippen molar-refractivity contribution >= 4 is 53.4 Å². The summed E-state index contributed by atoms with van der Waals surface area (Å²) < 4.78 is 221. The van der Waals surface area contributed by atoms with Crippen LogP contribution in [0.1, 0.15) is 34.3 Å². The van der Waals surface area contributed by atoms with Gasteiger partial charge in [-0.15, -0.1) is 11.3 Å². The van der Waals surface area contributed by atoms with Crippen LogP contribution in [0.3, 0.4) is 0 Å². The van der Waals surface area contributed by atoms with Gasteiger partial charge in [0, 0.05) is 32.1 Å². The van der Waals surface area contributed by atoms with Crippen LogP contribution in [0.15, 0.2) is 176 Å². The number of hydrogen-bond acceptors (Lipinski definition) is 3. The molecule has 0 unspecified atom stereocenters. The van der Waals surface area contributed by atoms with E-state index in [1.807, 2.05) is 0 Å². The molecule has 0 saturated carbocycles. The Morgan fingerprint density at radius 1 is 0.480 bits per heavy atom. The van der Waals surface area contributed by atoms with Gasteiger partial charge in [0.05, 0.1) is 61.2 Å². The molecule has 0 spiro atoms. The molecule has 0 radical (unpaired) electrons. The van der Waals surface area contributed by atoms with Gasteiger partial charge in [-0.1, -0.05) is 127 Å². The summed E-state index contributed by atoms with van der Waals surface area (Å²) in [6.07, 6.45) is 1.08. The van der Waals surface area contributed by atoms with Crippen molar-refractivity contribution in [3.05, 3.63) is 176 Å². The first kappa shape index (κ1) is 13.2. The molecule has 10 rings (SSSR count). The number of para-hydroxylation sites is 2. The summed E-state index contributed by atoms with van der Waals surface area (Å²) in [5, 5.41) is -0.354. The number of nitrogens with zero attached hydrogens (tertiary/aromatic N) is 3. The zero-order valence-electron chi connectivity index (χ0n) is 50.1. The van der Waals surface area contributed by atoms with Gasteiger partial charge in [-0.25, -0.2) is 9.97 Å². The van der Waals surface area contributed by atoms with Gasteiger partial charge in [0.2, 0.25) is 0 Å². The monoisotopic (exact) mass is 680 g/mol. The lowest BCUT2D eigenvalue weighted by molar-refractivity contribution is 1.18. The van der Waals surface area contributed by atoms with Gasteiger partial charge < -0.3 is 4.57 Å². The third-order valence-electron chi connectivity index (χ3n) is 7.89. The zero-order chi connectivity index (χ0) is 54.8. The Morgan fingerprint density at radius 2 is 1.08 bits per heavy atom. The first-order valence-corrected chi connectivity index (χ1v) is 15.6. The number of thiophene rings is 1. The van der Waals surface area contributed by atoms with E-state index in [4.69, 9.17) is 31.5 Å². The fourth-order valence-corrected chi connectivity index (χ4v) is 6.80. The molecule has 3 nitrogen and oxygen atoms in total. The summed E-state index contributed by atoms with van der Waals surface area (Å²) in [6.45, 7) is 0. The first-order chi connectivity index (χ1) is 35.2. The second kappa shape index (κ2) is 11.7. The predicted octanol–water partition coefficient (Wildman–Crippen LogP) is 12.6. The highest BCUT2D eigenvalue weighted by Gasteiger charge is 2.16. The van der Waals surface area contributed by atoms with Gasteiger partial charge in [-0.05, 0) is 75.7 Å². The van der Waals surface area contributed by atoms with Gasteiger partial charge in [-0.2, -0.15) is 0 Å². The number of rotatable bonds is 5. The van der Waals surface area contributed by atoms with E-state index in [2.05, 4.69) is 9.97 Å². The molecule has 0 saturated heterocycles. The molecule has 0 atom stereocenters. The van der Waals surface area contributed by atoms with E-state index in [1.54, 1.807) is 6.07 Å². The van der Waals surface area contributed by atoms with Crippen LogP contribution in [0.2, 0.25) is 0 Å². The van der Waals surface area contributed by atoms with Crippen LogP contribution in [0.5, 0.6) is 0 Å². The van der Waals surface area contributed by atoms with Crippen molar-refractivity contribution in [1.29, 1.82) is 0 Å². The number of aromatic nitrogens is 3. The van der Waals surface area contributed by atoms with E-state index in [1.165, 1.54) is 12.1 Å². The molecule has 3 aromatic heterocycles. The van der Waals surface area contributed by atoms with Crippen molar-refractivity contribution in [2.24, 2.45) is 0 Å². The normalized spacial score (nSPS) is 18.6. The highest BCUT2D eigenvalue weighted by molar-refractivity contribution is 7.26. The highest BCUT2D eigenvalue weighted by Crippen LogP contribution is 2.41. The van der Waals surface area contributed by atoms with Gasteiger partial charge in [0.15, 0.2) is 0 Å². The number of fused-ring (bicyclic) bond motifs is 6. The fraction of sp³-hybridized carbons (Fsp3) is 0. The minimum absolute atomic E-state index is 0.0789. The van der Waals surface area contributed by atoms with E-state index in [-0.39, 0.29) is 43.4 Å². The Kier molecular flexibility index (Phi) is 3.07. The summed E-state index contributed by atoms with van der Waals surface area (Å²) in [7, 11) is 0. The molecular weight excluding hydrogens is 627 g/mol. The summed E-state index contributed by atoms with van der Waals surface area (Å²) >= 11 is 1.04. The van der Waals surface area contributed by atoms with E-state index < -0.39 is 190 Å². The molecule has 0 aliphatic carbocycles. The minimum Gasteiger partial charge on any atom is -0.309 e. The molecule has 7 aromatic carbocycles. The Labute approximate surface area is 328 Å². The van der Waals surface area contributed by atoms with Gasteiger partial charge in [0.1, 0.15) is 6.33 Å². The summed E-state index contributed by atoms with van der Waals surface area (Å²) in [6, 6.07) is -14.4. The standard InChI is InChI=1S/C46H29N3S/c1-2-10-30(11-3-1)31-20-22-32(23-21-31)33-12-8-13-34(26-33)35-24-25-43-40(28-35)45-46(50-43)44(47-29-48-45)36-14-9-15-37(27-36)49-41-18-6-4-16-38(41)39-17-5-7-19-42(39)49/h1-29H/i1D,2D,3D,4D,5D,6D,7D,8D,9D,10D,11D,12D,13D,14D,15D,16D,17D,18D,19D,20D,21D,22D,23D,26D,27D. The molecule has 0 aliphatic rings. The minimum atomic E-state index is -0.863. The topological polar surface area (TPSA) is 30.7 Å². The van der Waals surface area contributed by atoms with Crippen LogP contribution in [0.4, 0.5) is 0 Å². The first-order valence-electron chi connectivity index (χ1n) is 27.3. The average molecular weight is 681 g/mol. The summed E-state index contributed by atoms with van der Waals surface area (Å²) in [5.74, 6) is 0. The maximum absolute atomic E-state index is 9.67. The maximum atomic E-state index is 9.67. The van der Waals surface area contributed by atoms with Gasteiger partial charge >= 0.3 is 0 Å². The lowest BCUT2D eigenvalue weighted by Crippen LogP contribution is -1.95. The van der Waals surface area contributed by atoms with Crippen molar-refractivity contribution < 1.29 is 34.3 Å². The largest absolute Gasteiger partial charge is 0.309 e. The third-order valence-corrected chi connectivity index (χ3v) is 9.06.